The maximum atomic E-state index is 14.0. The molecule has 0 bridgehead atoms. The van der Waals surface area contributed by atoms with Gasteiger partial charge in [-0.05, 0) is 37.6 Å². The molecule has 2 unspecified atom stereocenters. The molecule has 0 aromatic heterocycles. The Hall–Kier alpha value is -2.07. The lowest BCUT2D eigenvalue weighted by molar-refractivity contribution is 0.169. The molecule has 21 heavy (non-hydrogen) atoms. The summed E-state index contributed by atoms with van der Waals surface area (Å²) in [6.45, 7) is 3.75. The molecule has 2 atom stereocenters. The molecular formula is C17H20FNO2. The van der Waals surface area contributed by atoms with Crippen molar-refractivity contribution in [3.63, 3.8) is 0 Å². The molecule has 4 heteroatoms. The molecule has 2 aromatic carbocycles. The van der Waals surface area contributed by atoms with Crippen LogP contribution in [0.3, 0.4) is 0 Å². The Labute approximate surface area is 124 Å². The van der Waals surface area contributed by atoms with E-state index in [4.69, 9.17) is 15.2 Å². The van der Waals surface area contributed by atoms with Crippen molar-refractivity contribution in [3.05, 3.63) is 59.4 Å². The van der Waals surface area contributed by atoms with Crippen molar-refractivity contribution >= 4 is 0 Å². The number of halogens is 1. The van der Waals surface area contributed by atoms with Crippen LogP contribution in [-0.2, 0) is 0 Å². The highest BCUT2D eigenvalue weighted by Gasteiger charge is 2.22. The minimum atomic E-state index is -0.581. The van der Waals surface area contributed by atoms with Crippen molar-refractivity contribution in [1.82, 2.24) is 0 Å². The minimum Gasteiger partial charge on any atom is -0.493 e. The molecule has 0 fully saturated rings. The largest absolute Gasteiger partial charge is 0.493 e. The van der Waals surface area contributed by atoms with Gasteiger partial charge in [0, 0.05) is 11.6 Å². The van der Waals surface area contributed by atoms with E-state index in [9.17, 15) is 4.39 Å². The van der Waals surface area contributed by atoms with Crippen molar-refractivity contribution in [3.8, 4) is 11.5 Å². The van der Waals surface area contributed by atoms with Crippen LogP contribution in [0.1, 0.15) is 24.2 Å². The van der Waals surface area contributed by atoms with Gasteiger partial charge in [0.15, 0.2) is 11.5 Å². The number of ether oxygens (including phenoxy) is 2. The van der Waals surface area contributed by atoms with Crippen LogP contribution in [0.4, 0.5) is 4.39 Å². The lowest BCUT2D eigenvalue weighted by Crippen LogP contribution is -2.29. The molecule has 2 N–H and O–H groups in total. The molecule has 0 radical (unpaired) electrons. The third-order valence-corrected chi connectivity index (χ3v) is 3.26. The summed E-state index contributed by atoms with van der Waals surface area (Å²) in [5.41, 5.74) is 7.47. The summed E-state index contributed by atoms with van der Waals surface area (Å²) in [6.07, 6.45) is -0.581. The van der Waals surface area contributed by atoms with Gasteiger partial charge in [0.25, 0.3) is 0 Å². The fourth-order valence-corrected chi connectivity index (χ4v) is 2.17. The predicted octanol–water partition coefficient (Wildman–Crippen LogP) is 3.61. The summed E-state index contributed by atoms with van der Waals surface area (Å²) in [6, 6.07) is 11.7. The molecule has 0 aliphatic carbocycles. The summed E-state index contributed by atoms with van der Waals surface area (Å²) >= 11 is 0. The second kappa shape index (κ2) is 6.59. The molecular weight excluding hydrogens is 269 g/mol. The predicted molar refractivity (Wildman–Crippen MR) is 81.1 cm³/mol. The van der Waals surface area contributed by atoms with Crippen LogP contribution in [-0.4, -0.2) is 13.2 Å². The Balaban J connectivity index is 2.36. The van der Waals surface area contributed by atoms with Crippen LogP contribution in [0.5, 0.6) is 11.5 Å². The minimum absolute atomic E-state index is 0.328. The fourth-order valence-electron chi connectivity index (χ4n) is 2.17. The van der Waals surface area contributed by atoms with Crippen LogP contribution in [0.25, 0.3) is 0 Å². The highest BCUT2D eigenvalue weighted by molar-refractivity contribution is 5.43. The summed E-state index contributed by atoms with van der Waals surface area (Å²) < 4.78 is 25.2. The van der Waals surface area contributed by atoms with Crippen molar-refractivity contribution in [1.29, 1.82) is 0 Å². The Morgan fingerprint density at radius 3 is 2.43 bits per heavy atom. The summed E-state index contributed by atoms with van der Waals surface area (Å²) in [5.74, 6) is 0.830. The second-order valence-electron chi connectivity index (χ2n) is 5.07. The molecule has 2 aromatic rings. The molecule has 0 aliphatic heterocycles. The molecule has 0 saturated heterocycles. The summed E-state index contributed by atoms with van der Waals surface area (Å²) in [7, 11) is 1.58. The van der Waals surface area contributed by atoms with E-state index >= 15 is 0 Å². The van der Waals surface area contributed by atoms with E-state index < -0.39 is 6.10 Å². The van der Waals surface area contributed by atoms with Crippen LogP contribution in [0.2, 0.25) is 0 Å². The van der Waals surface area contributed by atoms with Gasteiger partial charge in [-0.15, -0.1) is 0 Å². The number of hydrogen-bond donors (Lipinski definition) is 1. The molecule has 0 saturated carbocycles. The first-order valence-corrected chi connectivity index (χ1v) is 6.84. The van der Waals surface area contributed by atoms with E-state index in [1.807, 2.05) is 25.1 Å². The van der Waals surface area contributed by atoms with Crippen molar-refractivity contribution in [2.45, 2.75) is 26.0 Å². The molecule has 0 amide bonds. The van der Waals surface area contributed by atoms with Gasteiger partial charge in [-0.2, -0.15) is 0 Å². The number of methoxy groups -OCH3 is 1. The van der Waals surface area contributed by atoms with Crippen molar-refractivity contribution in [2.24, 2.45) is 5.73 Å². The van der Waals surface area contributed by atoms with E-state index in [1.54, 1.807) is 32.2 Å². The third-order valence-electron chi connectivity index (χ3n) is 3.26. The van der Waals surface area contributed by atoms with Gasteiger partial charge in [-0.25, -0.2) is 4.39 Å². The molecule has 112 valence electrons. The van der Waals surface area contributed by atoms with Gasteiger partial charge in [0.2, 0.25) is 0 Å². The van der Waals surface area contributed by atoms with E-state index in [1.165, 1.54) is 6.07 Å². The number of rotatable bonds is 5. The fraction of sp³-hybridized carbons (Fsp3) is 0.294. The monoisotopic (exact) mass is 289 g/mol. The molecule has 2 rings (SSSR count). The Morgan fingerprint density at radius 1 is 1.10 bits per heavy atom. The van der Waals surface area contributed by atoms with Crippen LogP contribution in [0.15, 0.2) is 42.5 Å². The zero-order chi connectivity index (χ0) is 15.4. The standard InChI is InChI=1S/C17H20FNO2/c1-11-8-9-15(16(10-11)20-3)21-17(12(2)19)13-6-4-5-7-14(13)18/h4-10,12,17H,19H2,1-3H3. The number of benzene rings is 2. The smallest absolute Gasteiger partial charge is 0.162 e. The van der Waals surface area contributed by atoms with Gasteiger partial charge in [0.1, 0.15) is 11.9 Å². The van der Waals surface area contributed by atoms with Crippen LogP contribution >= 0.6 is 0 Å². The lowest BCUT2D eigenvalue weighted by Gasteiger charge is -2.24. The van der Waals surface area contributed by atoms with Gasteiger partial charge in [-0.3, -0.25) is 0 Å². The quantitative estimate of drug-likeness (QED) is 0.914. The lowest BCUT2D eigenvalue weighted by atomic mass is 10.0. The topological polar surface area (TPSA) is 44.5 Å². The maximum absolute atomic E-state index is 14.0. The highest BCUT2D eigenvalue weighted by Crippen LogP contribution is 2.33. The Morgan fingerprint density at radius 2 is 1.81 bits per heavy atom. The first-order chi connectivity index (χ1) is 10.0. The number of nitrogens with two attached hydrogens (primary N) is 1. The Kier molecular flexibility index (Phi) is 4.81. The van der Waals surface area contributed by atoms with E-state index in [0.29, 0.717) is 17.1 Å². The van der Waals surface area contributed by atoms with Crippen molar-refractivity contribution in [2.75, 3.05) is 7.11 Å². The average molecular weight is 289 g/mol. The SMILES string of the molecule is COc1cc(C)ccc1OC(c1ccccc1F)C(C)N. The van der Waals surface area contributed by atoms with Gasteiger partial charge in [0.05, 0.1) is 7.11 Å². The Bertz CT molecular complexity index is 613. The van der Waals surface area contributed by atoms with Gasteiger partial charge < -0.3 is 15.2 Å². The third kappa shape index (κ3) is 3.52. The molecule has 0 spiro atoms. The first kappa shape index (κ1) is 15.3. The van der Waals surface area contributed by atoms with E-state index in [0.717, 1.165) is 5.56 Å². The maximum Gasteiger partial charge on any atom is 0.162 e. The normalized spacial score (nSPS) is 13.6. The zero-order valence-corrected chi connectivity index (χ0v) is 12.5. The van der Waals surface area contributed by atoms with E-state index in [-0.39, 0.29) is 11.9 Å². The molecule has 3 nitrogen and oxygen atoms in total. The highest BCUT2D eigenvalue weighted by atomic mass is 19.1. The number of hydrogen-bond acceptors (Lipinski definition) is 3. The van der Waals surface area contributed by atoms with Gasteiger partial charge >= 0.3 is 0 Å². The van der Waals surface area contributed by atoms with Crippen molar-refractivity contribution < 1.29 is 13.9 Å². The number of aryl methyl sites for hydroxylation is 1. The van der Waals surface area contributed by atoms with Crippen LogP contribution < -0.4 is 15.2 Å². The first-order valence-electron chi connectivity index (χ1n) is 6.84. The average Bonchev–Trinajstić information content (AvgIpc) is 2.46. The summed E-state index contributed by atoms with van der Waals surface area (Å²) in [4.78, 5) is 0. The van der Waals surface area contributed by atoms with Crippen LogP contribution in [0, 0.1) is 12.7 Å². The zero-order valence-electron chi connectivity index (χ0n) is 12.5. The molecule has 0 aliphatic rings. The summed E-state index contributed by atoms with van der Waals surface area (Å²) in [5, 5.41) is 0. The molecule has 0 heterocycles. The second-order valence-corrected chi connectivity index (χ2v) is 5.07. The van der Waals surface area contributed by atoms with E-state index in [2.05, 4.69) is 0 Å². The van der Waals surface area contributed by atoms with Gasteiger partial charge in [-0.1, -0.05) is 24.3 Å².